The molecular weight excluding hydrogens is 248 g/mol. The van der Waals surface area contributed by atoms with E-state index in [4.69, 9.17) is 8.42 Å². The first-order valence-corrected chi connectivity index (χ1v) is 6.99. The summed E-state index contributed by atoms with van der Waals surface area (Å²) >= 11 is -0.750. The van der Waals surface area contributed by atoms with Gasteiger partial charge in [-0.2, -0.15) is 8.42 Å². The Labute approximate surface area is 112 Å². The van der Waals surface area contributed by atoms with Crippen molar-refractivity contribution in [2.45, 2.75) is 45.1 Å². The summed E-state index contributed by atoms with van der Waals surface area (Å²) in [6, 6.07) is 8.51. The minimum atomic E-state index is -0.750. The second kappa shape index (κ2) is 8.16. The van der Waals surface area contributed by atoms with Crippen LogP contribution >= 0.6 is 0 Å². The van der Waals surface area contributed by atoms with E-state index in [0.717, 1.165) is 6.42 Å². The third-order valence-corrected chi connectivity index (χ3v) is 3.51. The molecule has 1 aromatic carbocycles. The van der Waals surface area contributed by atoms with Crippen LogP contribution in [0.4, 0.5) is 0 Å². The highest BCUT2D eigenvalue weighted by Gasteiger charge is 2.22. The number of aliphatic hydroxyl groups is 1. The van der Waals surface area contributed by atoms with Crippen molar-refractivity contribution in [3.8, 4) is 0 Å². The largest absolute Gasteiger partial charge is 0.392 e. The molecule has 0 spiro atoms. The Kier molecular flexibility index (Phi) is 6.83. The second-order valence-corrected chi connectivity index (χ2v) is 5.01. The lowest BCUT2D eigenvalue weighted by Crippen LogP contribution is -2.20. The van der Waals surface area contributed by atoms with E-state index >= 15 is 0 Å². The van der Waals surface area contributed by atoms with Crippen LogP contribution in [0.5, 0.6) is 0 Å². The fourth-order valence-electron chi connectivity index (χ4n) is 2.47. The standard InChI is InChI=1S/C14H20O.O2S/c1-11-6-8-12(9-7-11)10-14(15)13-4-2-3-5-13;1-3-2/h6-9,13-15H,2-5,10H2,1H3;/t14-;/m1./s1. The number of rotatable bonds is 3. The Bertz CT molecular complexity index is 377. The predicted octanol–water partition coefficient (Wildman–Crippen LogP) is 2.42. The van der Waals surface area contributed by atoms with Crippen LogP contribution in [0.25, 0.3) is 0 Å². The van der Waals surface area contributed by atoms with E-state index in [0.29, 0.717) is 5.92 Å². The molecule has 3 nitrogen and oxygen atoms in total. The van der Waals surface area contributed by atoms with Gasteiger partial charge in [0.25, 0.3) is 0 Å². The molecule has 1 N–H and O–H groups in total. The van der Waals surface area contributed by atoms with Crippen LogP contribution in [-0.2, 0) is 18.0 Å². The van der Waals surface area contributed by atoms with Crippen molar-refractivity contribution in [1.29, 1.82) is 0 Å². The molecule has 18 heavy (non-hydrogen) atoms. The molecular formula is C14H20O3S. The van der Waals surface area contributed by atoms with Crippen molar-refractivity contribution in [1.82, 2.24) is 0 Å². The zero-order chi connectivity index (χ0) is 13.4. The van der Waals surface area contributed by atoms with E-state index < -0.39 is 11.6 Å². The molecule has 0 radical (unpaired) electrons. The van der Waals surface area contributed by atoms with E-state index in [1.165, 1.54) is 36.8 Å². The van der Waals surface area contributed by atoms with Gasteiger partial charge in [-0.05, 0) is 37.7 Å². The number of hydrogen-bond acceptors (Lipinski definition) is 3. The predicted molar refractivity (Wildman–Crippen MR) is 71.8 cm³/mol. The molecule has 0 unspecified atom stereocenters. The Balaban J connectivity index is 0.000000492. The number of benzene rings is 1. The van der Waals surface area contributed by atoms with Gasteiger partial charge in [0.05, 0.1) is 6.10 Å². The summed E-state index contributed by atoms with van der Waals surface area (Å²) in [6.07, 6.45) is 5.73. The van der Waals surface area contributed by atoms with Crippen molar-refractivity contribution in [2.24, 2.45) is 5.92 Å². The van der Waals surface area contributed by atoms with Crippen LogP contribution in [0.3, 0.4) is 0 Å². The molecule has 1 aliphatic carbocycles. The van der Waals surface area contributed by atoms with Crippen LogP contribution in [-0.4, -0.2) is 19.6 Å². The highest BCUT2D eigenvalue weighted by atomic mass is 32.1. The van der Waals surface area contributed by atoms with E-state index in [-0.39, 0.29) is 6.10 Å². The molecule has 2 rings (SSSR count). The maximum atomic E-state index is 10.1. The highest BCUT2D eigenvalue weighted by Crippen LogP contribution is 2.29. The number of hydrogen-bond donors (Lipinski definition) is 1. The van der Waals surface area contributed by atoms with Gasteiger partial charge in [-0.3, -0.25) is 0 Å². The zero-order valence-electron chi connectivity index (χ0n) is 10.7. The molecule has 0 amide bonds. The van der Waals surface area contributed by atoms with Crippen molar-refractivity contribution in [3.05, 3.63) is 35.4 Å². The molecule has 1 aliphatic rings. The highest BCUT2D eigenvalue weighted by molar-refractivity contribution is 7.51. The molecule has 0 aromatic heterocycles. The third-order valence-electron chi connectivity index (χ3n) is 3.51. The van der Waals surface area contributed by atoms with E-state index in [1.807, 2.05) is 0 Å². The van der Waals surface area contributed by atoms with E-state index in [2.05, 4.69) is 31.2 Å². The first-order valence-electron chi connectivity index (χ1n) is 6.32. The van der Waals surface area contributed by atoms with Crippen LogP contribution in [0.15, 0.2) is 24.3 Å². The van der Waals surface area contributed by atoms with Gasteiger partial charge in [-0.25, -0.2) is 0 Å². The second-order valence-electron chi connectivity index (χ2n) is 4.87. The van der Waals surface area contributed by atoms with Gasteiger partial charge in [-0.1, -0.05) is 42.7 Å². The molecule has 4 heteroatoms. The van der Waals surface area contributed by atoms with Crippen molar-refractivity contribution in [2.75, 3.05) is 0 Å². The van der Waals surface area contributed by atoms with Crippen LogP contribution < -0.4 is 0 Å². The summed E-state index contributed by atoms with van der Waals surface area (Å²) in [6.45, 7) is 2.09. The summed E-state index contributed by atoms with van der Waals surface area (Å²) in [5, 5.41) is 10.1. The summed E-state index contributed by atoms with van der Waals surface area (Å²) in [4.78, 5) is 0. The van der Waals surface area contributed by atoms with Gasteiger partial charge in [0.15, 0.2) is 0 Å². The minimum absolute atomic E-state index is 0.129. The number of aryl methyl sites for hydroxylation is 1. The topological polar surface area (TPSA) is 54.4 Å². The van der Waals surface area contributed by atoms with Crippen LogP contribution in [0, 0.1) is 12.8 Å². The first-order chi connectivity index (χ1) is 8.67. The summed E-state index contributed by atoms with van der Waals surface area (Å²) < 4.78 is 16.6. The van der Waals surface area contributed by atoms with Gasteiger partial charge in [0.2, 0.25) is 0 Å². The molecule has 1 saturated carbocycles. The Morgan fingerprint density at radius 3 is 2.22 bits per heavy atom. The lowest BCUT2D eigenvalue weighted by molar-refractivity contribution is 0.111. The minimum Gasteiger partial charge on any atom is -0.392 e. The molecule has 0 heterocycles. The lowest BCUT2D eigenvalue weighted by Gasteiger charge is -2.17. The summed E-state index contributed by atoms with van der Waals surface area (Å²) in [5.74, 6) is 0.548. The molecule has 1 atom stereocenters. The zero-order valence-corrected chi connectivity index (χ0v) is 11.5. The molecule has 1 fully saturated rings. The number of aliphatic hydroxyl groups excluding tert-OH is 1. The Hall–Kier alpha value is -1.00. The summed E-state index contributed by atoms with van der Waals surface area (Å²) in [7, 11) is 0. The van der Waals surface area contributed by atoms with Crippen molar-refractivity contribution in [3.63, 3.8) is 0 Å². The maximum absolute atomic E-state index is 10.1. The van der Waals surface area contributed by atoms with Crippen molar-refractivity contribution >= 4 is 11.6 Å². The fraction of sp³-hybridized carbons (Fsp3) is 0.571. The average Bonchev–Trinajstić information content (AvgIpc) is 2.87. The van der Waals surface area contributed by atoms with Crippen LogP contribution in [0.1, 0.15) is 36.8 Å². The quantitative estimate of drug-likeness (QED) is 0.916. The summed E-state index contributed by atoms with van der Waals surface area (Å²) in [5.41, 5.74) is 2.55. The molecule has 0 aliphatic heterocycles. The molecule has 0 bridgehead atoms. The van der Waals surface area contributed by atoms with Gasteiger partial charge in [0, 0.05) is 0 Å². The Morgan fingerprint density at radius 2 is 1.72 bits per heavy atom. The normalized spacial score (nSPS) is 16.8. The first kappa shape index (κ1) is 15.1. The monoisotopic (exact) mass is 268 g/mol. The van der Waals surface area contributed by atoms with Gasteiger partial charge >= 0.3 is 11.6 Å². The lowest BCUT2D eigenvalue weighted by atomic mass is 9.94. The van der Waals surface area contributed by atoms with Gasteiger partial charge in [-0.15, -0.1) is 0 Å². The smallest absolute Gasteiger partial charge is 0.335 e. The molecule has 100 valence electrons. The van der Waals surface area contributed by atoms with Crippen LogP contribution in [0.2, 0.25) is 0 Å². The maximum Gasteiger partial charge on any atom is 0.335 e. The SMILES string of the molecule is Cc1ccc(C[C@@H](O)C2CCCC2)cc1.O=S=O. The fourth-order valence-corrected chi connectivity index (χ4v) is 2.47. The third kappa shape index (κ3) is 5.10. The van der Waals surface area contributed by atoms with Gasteiger partial charge in [0.1, 0.15) is 0 Å². The molecule has 1 aromatic rings. The Morgan fingerprint density at radius 1 is 1.22 bits per heavy atom. The van der Waals surface area contributed by atoms with E-state index in [1.54, 1.807) is 0 Å². The van der Waals surface area contributed by atoms with Gasteiger partial charge < -0.3 is 5.11 Å². The average molecular weight is 268 g/mol. The van der Waals surface area contributed by atoms with E-state index in [9.17, 15) is 5.11 Å². The van der Waals surface area contributed by atoms with Crippen molar-refractivity contribution < 1.29 is 13.5 Å². The molecule has 0 saturated heterocycles.